The molecule has 0 aliphatic heterocycles. The maximum atomic E-state index is 12.3. The predicted molar refractivity (Wildman–Crippen MR) is 68.4 cm³/mol. The van der Waals surface area contributed by atoms with Gasteiger partial charge in [0.05, 0.1) is 10.4 Å². The largest absolute Gasteiger partial charge is 0.435 e. The van der Waals surface area contributed by atoms with Crippen LogP contribution < -0.4 is 5.32 Å². The average Bonchev–Trinajstić information content (AvgIpc) is 2.75. The van der Waals surface area contributed by atoms with E-state index < -0.39 is 11.9 Å². The van der Waals surface area contributed by atoms with Crippen molar-refractivity contribution in [3.05, 3.63) is 39.2 Å². The van der Waals surface area contributed by atoms with Crippen LogP contribution in [0.4, 0.5) is 19.0 Å². The monoisotopic (exact) mass is 307 g/mol. The number of thiophene rings is 1. The van der Waals surface area contributed by atoms with Crippen molar-refractivity contribution in [2.75, 3.05) is 5.32 Å². The van der Waals surface area contributed by atoms with Crippen LogP contribution in [0.25, 0.3) is 0 Å². The van der Waals surface area contributed by atoms with Crippen LogP contribution in [0.15, 0.2) is 24.3 Å². The van der Waals surface area contributed by atoms with Gasteiger partial charge in [-0.2, -0.15) is 13.2 Å². The van der Waals surface area contributed by atoms with Gasteiger partial charge >= 0.3 is 6.18 Å². The van der Waals surface area contributed by atoms with Gasteiger partial charge in [0.2, 0.25) is 0 Å². The van der Waals surface area contributed by atoms with E-state index in [1.165, 1.54) is 17.4 Å². The fraction of sp³-hybridized carbons (Fsp3) is 0.273. The number of aromatic nitrogens is 2. The Morgan fingerprint density at radius 3 is 2.42 bits per heavy atom. The zero-order valence-corrected chi connectivity index (χ0v) is 11.3. The Labute approximate surface area is 116 Å². The molecule has 8 heteroatoms. The van der Waals surface area contributed by atoms with E-state index in [4.69, 9.17) is 11.6 Å². The minimum atomic E-state index is -4.47. The summed E-state index contributed by atoms with van der Waals surface area (Å²) in [5, 5.41) is 9.61. The Morgan fingerprint density at radius 1 is 1.21 bits per heavy atom. The highest BCUT2D eigenvalue weighted by molar-refractivity contribution is 7.16. The third-order valence-corrected chi connectivity index (χ3v) is 3.75. The number of nitrogens with zero attached hydrogens (tertiary/aromatic N) is 2. The van der Waals surface area contributed by atoms with Crippen molar-refractivity contribution in [3.8, 4) is 0 Å². The van der Waals surface area contributed by atoms with Crippen molar-refractivity contribution in [1.29, 1.82) is 0 Å². The summed E-state index contributed by atoms with van der Waals surface area (Å²) in [6.45, 7) is 1.86. The van der Waals surface area contributed by atoms with Crippen molar-refractivity contribution in [2.24, 2.45) is 0 Å². The summed E-state index contributed by atoms with van der Waals surface area (Å²) in [6.07, 6.45) is -4.47. The van der Waals surface area contributed by atoms with Gasteiger partial charge in [0.25, 0.3) is 0 Å². The maximum Gasteiger partial charge on any atom is 0.435 e. The number of anilines is 1. The lowest BCUT2D eigenvalue weighted by molar-refractivity contribution is -0.141. The van der Waals surface area contributed by atoms with E-state index in [1.807, 2.05) is 13.0 Å². The molecule has 0 saturated heterocycles. The van der Waals surface area contributed by atoms with Crippen LogP contribution in [-0.2, 0) is 6.18 Å². The molecule has 0 saturated carbocycles. The molecule has 0 radical (unpaired) electrons. The molecule has 102 valence electrons. The first-order valence-electron chi connectivity index (χ1n) is 5.29. The SMILES string of the molecule is CC(Nc1ccc(C(F)(F)F)nn1)c1ccc(Cl)s1. The van der Waals surface area contributed by atoms with Crippen LogP contribution in [0.5, 0.6) is 0 Å². The van der Waals surface area contributed by atoms with Gasteiger partial charge < -0.3 is 5.32 Å². The molecule has 2 rings (SSSR count). The molecule has 0 amide bonds. The summed E-state index contributed by atoms with van der Waals surface area (Å²) in [4.78, 5) is 0.965. The van der Waals surface area contributed by atoms with E-state index in [1.54, 1.807) is 6.07 Å². The van der Waals surface area contributed by atoms with E-state index in [2.05, 4.69) is 15.5 Å². The molecule has 1 atom stereocenters. The quantitative estimate of drug-likeness (QED) is 0.914. The summed E-state index contributed by atoms with van der Waals surface area (Å²) >= 11 is 7.21. The number of alkyl halides is 3. The second kappa shape index (κ2) is 5.34. The van der Waals surface area contributed by atoms with E-state index in [0.717, 1.165) is 10.9 Å². The molecule has 2 heterocycles. The van der Waals surface area contributed by atoms with Crippen molar-refractivity contribution in [2.45, 2.75) is 19.1 Å². The summed E-state index contributed by atoms with van der Waals surface area (Å²) < 4.78 is 37.6. The lowest BCUT2D eigenvalue weighted by atomic mass is 10.2. The zero-order valence-electron chi connectivity index (χ0n) is 9.70. The molecule has 2 aromatic rings. The molecule has 2 aromatic heterocycles. The Hall–Kier alpha value is -1.34. The highest BCUT2D eigenvalue weighted by Crippen LogP contribution is 2.30. The molecule has 19 heavy (non-hydrogen) atoms. The average molecular weight is 308 g/mol. The van der Waals surface area contributed by atoms with Crippen LogP contribution in [0.2, 0.25) is 4.34 Å². The molecular formula is C11H9ClF3N3S. The van der Waals surface area contributed by atoms with Gasteiger partial charge in [0.15, 0.2) is 5.69 Å². The summed E-state index contributed by atoms with van der Waals surface area (Å²) in [5.41, 5.74) is -1.01. The number of hydrogen-bond acceptors (Lipinski definition) is 4. The molecular weight excluding hydrogens is 299 g/mol. The minimum Gasteiger partial charge on any atom is -0.361 e. The van der Waals surface area contributed by atoms with E-state index in [9.17, 15) is 13.2 Å². The highest BCUT2D eigenvalue weighted by atomic mass is 35.5. The van der Waals surface area contributed by atoms with Crippen LogP contribution in [0.3, 0.4) is 0 Å². The van der Waals surface area contributed by atoms with Crippen LogP contribution >= 0.6 is 22.9 Å². The van der Waals surface area contributed by atoms with E-state index in [-0.39, 0.29) is 11.9 Å². The first kappa shape index (κ1) is 14.1. The van der Waals surface area contributed by atoms with E-state index >= 15 is 0 Å². The Kier molecular flexibility index (Phi) is 3.96. The summed E-state index contributed by atoms with van der Waals surface area (Å²) in [6, 6.07) is 5.65. The molecule has 0 aliphatic carbocycles. The van der Waals surface area contributed by atoms with E-state index in [0.29, 0.717) is 4.34 Å². The first-order valence-corrected chi connectivity index (χ1v) is 6.48. The molecule has 1 N–H and O–H groups in total. The second-order valence-electron chi connectivity index (χ2n) is 3.81. The third kappa shape index (κ3) is 3.57. The molecule has 0 aliphatic rings. The van der Waals surface area contributed by atoms with Gasteiger partial charge in [-0.25, -0.2) is 0 Å². The number of hydrogen-bond donors (Lipinski definition) is 1. The summed E-state index contributed by atoms with van der Waals surface area (Å²) in [7, 11) is 0. The fourth-order valence-corrected chi connectivity index (χ4v) is 2.48. The van der Waals surface area contributed by atoms with Gasteiger partial charge in [-0.1, -0.05) is 11.6 Å². The maximum absolute atomic E-state index is 12.3. The van der Waals surface area contributed by atoms with Crippen LogP contribution in [0.1, 0.15) is 23.5 Å². The molecule has 0 bridgehead atoms. The lowest BCUT2D eigenvalue weighted by Gasteiger charge is -2.12. The third-order valence-electron chi connectivity index (χ3n) is 2.34. The second-order valence-corrected chi connectivity index (χ2v) is 5.56. The fourth-order valence-electron chi connectivity index (χ4n) is 1.41. The Bertz CT molecular complexity index is 553. The van der Waals surface area contributed by atoms with Crippen LogP contribution in [0, 0.1) is 0 Å². The molecule has 3 nitrogen and oxygen atoms in total. The highest BCUT2D eigenvalue weighted by Gasteiger charge is 2.32. The van der Waals surface area contributed by atoms with Crippen molar-refractivity contribution in [1.82, 2.24) is 10.2 Å². The Balaban J connectivity index is 2.07. The van der Waals surface area contributed by atoms with Crippen molar-refractivity contribution >= 4 is 28.8 Å². The smallest absolute Gasteiger partial charge is 0.361 e. The minimum absolute atomic E-state index is 0.108. The standard InChI is InChI=1S/C11H9ClF3N3S/c1-6(7-2-4-9(12)19-7)16-10-5-3-8(17-18-10)11(13,14)15/h2-6H,1H3,(H,16,18). The van der Waals surface area contributed by atoms with Gasteiger partial charge in [-0.3, -0.25) is 0 Å². The van der Waals surface area contributed by atoms with Crippen molar-refractivity contribution in [3.63, 3.8) is 0 Å². The number of halogens is 4. The molecule has 0 fully saturated rings. The normalized spacial score (nSPS) is 13.3. The van der Waals surface area contributed by atoms with Gasteiger partial charge in [0.1, 0.15) is 5.82 Å². The van der Waals surface area contributed by atoms with Crippen LogP contribution in [-0.4, -0.2) is 10.2 Å². The molecule has 1 unspecified atom stereocenters. The number of nitrogens with one attached hydrogen (secondary N) is 1. The lowest BCUT2D eigenvalue weighted by Crippen LogP contribution is -2.11. The molecule has 0 spiro atoms. The first-order chi connectivity index (χ1) is 8.86. The molecule has 0 aromatic carbocycles. The topological polar surface area (TPSA) is 37.8 Å². The Morgan fingerprint density at radius 2 is 1.95 bits per heavy atom. The van der Waals surface area contributed by atoms with Gasteiger partial charge in [-0.05, 0) is 31.2 Å². The zero-order chi connectivity index (χ0) is 14.0. The van der Waals surface area contributed by atoms with Gasteiger partial charge in [-0.15, -0.1) is 21.5 Å². The predicted octanol–water partition coefficient (Wildman–Crippen LogP) is 4.38. The number of rotatable bonds is 3. The van der Waals surface area contributed by atoms with Crippen molar-refractivity contribution < 1.29 is 13.2 Å². The summed E-state index contributed by atoms with van der Waals surface area (Å²) in [5.74, 6) is 0.282. The van der Waals surface area contributed by atoms with Gasteiger partial charge in [0, 0.05) is 4.88 Å².